The molecule has 0 atom stereocenters. The Morgan fingerprint density at radius 2 is 2.15 bits per heavy atom. The lowest BCUT2D eigenvalue weighted by Gasteiger charge is -2.04. The molecule has 136 valence electrons. The van der Waals surface area contributed by atoms with E-state index < -0.39 is 0 Å². The van der Waals surface area contributed by atoms with Crippen LogP contribution in [0.25, 0.3) is 6.08 Å². The van der Waals surface area contributed by atoms with Crippen LogP contribution in [0, 0.1) is 5.82 Å². The minimum atomic E-state index is -0.203. The van der Waals surface area contributed by atoms with E-state index in [0.29, 0.717) is 40.1 Å². The molecule has 4 nitrogen and oxygen atoms in total. The summed E-state index contributed by atoms with van der Waals surface area (Å²) in [5.74, 6) is 1.97. The van der Waals surface area contributed by atoms with Gasteiger partial charge in [-0.15, -0.1) is 0 Å². The average Bonchev–Trinajstić information content (AvgIpc) is 3.10. The maximum absolute atomic E-state index is 13.5. The van der Waals surface area contributed by atoms with Crippen molar-refractivity contribution in [3.8, 4) is 11.5 Å². The number of fused-ring (bicyclic) bond motifs is 1. The first kappa shape index (κ1) is 18.6. The first-order valence-corrected chi connectivity index (χ1v) is 9.53. The summed E-state index contributed by atoms with van der Waals surface area (Å²) >= 11 is 7.67. The number of thioether (sulfide) groups is 1. The van der Waals surface area contributed by atoms with Gasteiger partial charge in [0, 0.05) is 24.1 Å². The summed E-state index contributed by atoms with van der Waals surface area (Å²) in [5, 5.41) is 3.24. The van der Waals surface area contributed by atoms with Crippen LogP contribution in [-0.4, -0.2) is 25.0 Å². The average molecular weight is 394 g/mol. The highest BCUT2D eigenvalue weighted by Crippen LogP contribution is 2.40. The summed E-state index contributed by atoms with van der Waals surface area (Å²) in [4.78, 5) is 11.9. The van der Waals surface area contributed by atoms with Gasteiger partial charge in [-0.05, 0) is 35.4 Å². The Kier molecular flexibility index (Phi) is 6.41. The van der Waals surface area contributed by atoms with E-state index in [4.69, 9.17) is 21.1 Å². The summed E-state index contributed by atoms with van der Waals surface area (Å²) < 4.78 is 24.0. The van der Waals surface area contributed by atoms with Gasteiger partial charge in [-0.2, -0.15) is 11.8 Å². The number of carbonyl (C=O) groups excluding carboxylic acids is 1. The Balaban J connectivity index is 1.41. The topological polar surface area (TPSA) is 47.6 Å². The highest BCUT2D eigenvalue weighted by Gasteiger charge is 2.17. The summed E-state index contributed by atoms with van der Waals surface area (Å²) in [6.07, 6.45) is 3.10. The van der Waals surface area contributed by atoms with Gasteiger partial charge in [0.1, 0.15) is 5.82 Å². The van der Waals surface area contributed by atoms with E-state index in [9.17, 15) is 9.18 Å². The zero-order valence-electron chi connectivity index (χ0n) is 13.8. The van der Waals surface area contributed by atoms with Gasteiger partial charge >= 0.3 is 0 Å². The zero-order valence-corrected chi connectivity index (χ0v) is 15.4. The van der Waals surface area contributed by atoms with Gasteiger partial charge < -0.3 is 14.8 Å². The molecule has 1 aliphatic heterocycles. The van der Waals surface area contributed by atoms with E-state index in [0.717, 1.165) is 5.56 Å². The van der Waals surface area contributed by atoms with Crippen molar-refractivity contribution in [2.75, 3.05) is 19.1 Å². The fourth-order valence-corrected chi connectivity index (χ4v) is 3.48. The second-order valence-corrected chi connectivity index (χ2v) is 7.02. The zero-order chi connectivity index (χ0) is 18.4. The molecule has 0 aliphatic carbocycles. The van der Waals surface area contributed by atoms with Crippen LogP contribution in [0.1, 0.15) is 11.1 Å². The van der Waals surface area contributed by atoms with Gasteiger partial charge in [-0.25, -0.2) is 4.39 Å². The molecule has 0 bridgehead atoms. The first-order valence-electron chi connectivity index (χ1n) is 7.99. The summed E-state index contributed by atoms with van der Waals surface area (Å²) in [5.41, 5.74) is 1.42. The molecule has 1 N–H and O–H groups in total. The lowest BCUT2D eigenvalue weighted by molar-refractivity contribution is -0.116. The number of nitrogens with one attached hydrogen (secondary N) is 1. The Hall–Kier alpha value is -2.18. The maximum atomic E-state index is 13.5. The fourth-order valence-electron chi connectivity index (χ4n) is 2.36. The molecule has 0 saturated heterocycles. The molecule has 26 heavy (non-hydrogen) atoms. The summed E-state index contributed by atoms with van der Waals surface area (Å²) in [7, 11) is 0. The molecule has 0 saturated carbocycles. The lowest BCUT2D eigenvalue weighted by atomic mass is 10.2. The Bertz CT molecular complexity index is 828. The minimum Gasteiger partial charge on any atom is -0.454 e. The Morgan fingerprint density at radius 3 is 3.00 bits per heavy atom. The van der Waals surface area contributed by atoms with Gasteiger partial charge in [-0.3, -0.25) is 4.79 Å². The molecule has 0 fully saturated rings. The van der Waals surface area contributed by atoms with Crippen LogP contribution in [0.3, 0.4) is 0 Å². The standard InChI is InChI=1S/C19H17ClFNO3S/c20-15-9-13(10-17-19(15)25-12-24-17)5-6-18(23)22-7-8-26-11-14-3-1-2-4-16(14)21/h1-6,9-10H,7-8,11-12H2,(H,22,23)/b6-5+. The number of amides is 1. The van der Waals surface area contributed by atoms with Crippen molar-refractivity contribution in [1.29, 1.82) is 0 Å². The molecule has 0 spiro atoms. The van der Waals surface area contributed by atoms with Crippen LogP contribution >= 0.6 is 23.4 Å². The van der Waals surface area contributed by atoms with E-state index in [2.05, 4.69) is 5.32 Å². The van der Waals surface area contributed by atoms with Crippen LogP contribution < -0.4 is 14.8 Å². The van der Waals surface area contributed by atoms with Crippen molar-refractivity contribution < 1.29 is 18.7 Å². The molecule has 1 heterocycles. The smallest absolute Gasteiger partial charge is 0.244 e. The van der Waals surface area contributed by atoms with Crippen LogP contribution in [0.15, 0.2) is 42.5 Å². The van der Waals surface area contributed by atoms with Crippen molar-refractivity contribution in [3.63, 3.8) is 0 Å². The minimum absolute atomic E-state index is 0.146. The highest BCUT2D eigenvalue weighted by molar-refractivity contribution is 7.98. The molecule has 1 amide bonds. The van der Waals surface area contributed by atoms with E-state index in [1.54, 1.807) is 42.1 Å². The number of halogens is 2. The number of hydrogen-bond donors (Lipinski definition) is 1. The molecule has 0 radical (unpaired) electrons. The van der Waals surface area contributed by atoms with Crippen molar-refractivity contribution in [1.82, 2.24) is 5.32 Å². The van der Waals surface area contributed by atoms with Gasteiger partial charge in [0.25, 0.3) is 0 Å². The fraction of sp³-hybridized carbons (Fsp3) is 0.211. The SMILES string of the molecule is O=C(/C=C/c1cc(Cl)c2c(c1)OCO2)NCCSCc1ccccc1F. The first-order chi connectivity index (χ1) is 12.6. The van der Waals surface area contributed by atoms with Crippen LogP contribution in [-0.2, 0) is 10.5 Å². The molecule has 3 rings (SSSR count). The van der Waals surface area contributed by atoms with Gasteiger partial charge in [0.2, 0.25) is 12.7 Å². The molecule has 0 aromatic heterocycles. The normalized spacial score (nSPS) is 12.5. The molecule has 2 aromatic rings. The third-order valence-electron chi connectivity index (χ3n) is 3.64. The second kappa shape index (κ2) is 8.96. The van der Waals surface area contributed by atoms with E-state index in [1.165, 1.54) is 12.1 Å². The van der Waals surface area contributed by atoms with E-state index in [1.807, 2.05) is 6.07 Å². The molecule has 2 aromatic carbocycles. The third-order valence-corrected chi connectivity index (χ3v) is 4.93. The van der Waals surface area contributed by atoms with Crippen LogP contribution in [0.4, 0.5) is 4.39 Å². The largest absolute Gasteiger partial charge is 0.454 e. The monoisotopic (exact) mass is 393 g/mol. The van der Waals surface area contributed by atoms with Crippen molar-refractivity contribution in [3.05, 3.63) is 64.4 Å². The predicted molar refractivity (Wildman–Crippen MR) is 102 cm³/mol. The second-order valence-electron chi connectivity index (χ2n) is 5.50. The Labute approximate surface area is 160 Å². The van der Waals surface area contributed by atoms with Crippen LogP contribution in [0.5, 0.6) is 11.5 Å². The van der Waals surface area contributed by atoms with Crippen LogP contribution in [0.2, 0.25) is 5.02 Å². The van der Waals surface area contributed by atoms with Gasteiger partial charge in [-0.1, -0.05) is 29.8 Å². The number of ether oxygens (including phenoxy) is 2. The quantitative estimate of drug-likeness (QED) is 0.563. The van der Waals surface area contributed by atoms with Crippen molar-refractivity contribution in [2.45, 2.75) is 5.75 Å². The Morgan fingerprint density at radius 1 is 1.31 bits per heavy atom. The number of carbonyl (C=O) groups is 1. The van der Waals surface area contributed by atoms with Crippen molar-refractivity contribution >= 4 is 35.3 Å². The van der Waals surface area contributed by atoms with E-state index >= 15 is 0 Å². The number of hydrogen-bond acceptors (Lipinski definition) is 4. The third kappa shape index (κ3) is 4.93. The highest BCUT2D eigenvalue weighted by atomic mass is 35.5. The molecule has 0 unspecified atom stereocenters. The van der Waals surface area contributed by atoms with Crippen molar-refractivity contribution in [2.24, 2.45) is 0 Å². The van der Waals surface area contributed by atoms with Gasteiger partial charge in [0.15, 0.2) is 11.5 Å². The maximum Gasteiger partial charge on any atom is 0.244 e. The number of rotatable bonds is 7. The number of benzene rings is 2. The lowest BCUT2D eigenvalue weighted by Crippen LogP contribution is -2.23. The van der Waals surface area contributed by atoms with Gasteiger partial charge in [0.05, 0.1) is 5.02 Å². The summed E-state index contributed by atoms with van der Waals surface area (Å²) in [6.45, 7) is 0.650. The molecular formula is C19H17ClFNO3S. The molecular weight excluding hydrogens is 377 g/mol. The molecule has 7 heteroatoms. The predicted octanol–water partition coefficient (Wildman–Crippen LogP) is 4.27. The molecule has 1 aliphatic rings. The summed E-state index contributed by atoms with van der Waals surface area (Å²) in [6, 6.07) is 10.2. The van der Waals surface area contributed by atoms with E-state index in [-0.39, 0.29) is 18.5 Å².